The number of hydrogen-bond acceptors (Lipinski definition) is 2. The summed E-state index contributed by atoms with van der Waals surface area (Å²) in [7, 11) is -4.34. The molecule has 0 heterocycles. The number of phenols is 1. The second kappa shape index (κ2) is 4.62. The van der Waals surface area contributed by atoms with Crippen LogP contribution in [0.2, 0.25) is 0 Å². The highest BCUT2D eigenvalue weighted by molar-refractivity contribution is 7.60. The van der Waals surface area contributed by atoms with Gasteiger partial charge in [-0.15, -0.1) is 0 Å². The first kappa shape index (κ1) is 16.2. The SMILES string of the molecule is CC(C)(C)c1cc(P(=O)(O)O)cc(C(C)(C)C)c1O. The standard InChI is InChI=1S/C14H23O4P/c1-13(2,3)10-7-9(19(16,17)18)8-11(12(10)15)14(4,5)6/h7-8,15H,1-6H3,(H2,16,17,18). The number of benzene rings is 1. The van der Waals surface area contributed by atoms with Crippen LogP contribution in [0.5, 0.6) is 5.75 Å². The number of aromatic hydroxyl groups is 1. The van der Waals surface area contributed by atoms with Crippen LogP contribution in [0.25, 0.3) is 0 Å². The molecule has 0 unspecified atom stereocenters. The minimum absolute atomic E-state index is 0.0415. The lowest BCUT2D eigenvalue weighted by Crippen LogP contribution is -2.21. The second-order valence-electron chi connectivity index (χ2n) is 6.93. The molecule has 1 rings (SSSR count). The van der Waals surface area contributed by atoms with Crippen LogP contribution in [-0.2, 0) is 15.4 Å². The van der Waals surface area contributed by atoms with E-state index in [9.17, 15) is 19.5 Å². The summed E-state index contributed by atoms with van der Waals surface area (Å²) in [4.78, 5) is 18.8. The maximum Gasteiger partial charge on any atom is 0.356 e. The van der Waals surface area contributed by atoms with Gasteiger partial charge in [0, 0.05) is 11.1 Å². The van der Waals surface area contributed by atoms with E-state index in [0.29, 0.717) is 11.1 Å². The van der Waals surface area contributed by atoms with Crippen LogP contribution in [0.15, 0.2) is 12.1 Å². The molecule has 0 aromatic heterocycles. The summed E-state index contributed by atoms with van der Waals surface area (Å²) in [5.41, 5.74) is 0.321. The first-order valence-electron chi connectivity index (χ1n) is 6.18. The molecule has 0 saturated carbocycles. The van der Waals surface area contributed by atoms with Crippen molar-refractivity contribution < 1.29 is 19.5 Å². The predicted octanol–water partition coefficient (Wildman–Crippen LogP) is 2.79. The van der Waals surface area contributed by atoms with E-state index in [4.69, 9.17) is 0 Å². The Hall–Kier alpha value is -0.830. The zero-order chi connectivity index (χ0) is 15.2. The fourth-order valence-corrected chi connectivity index (χ4v) is 2.53. The monoisotopic (exact) mass is 286 g/mol. The average molecular weight is 286 g/mol. The summed E-state index contributed by atoms with van der Waals surface area (Å²) >= 11 is 0. The van der Waals surface area contributed by atoms with Gasteiger partial charge in [-0.2, -0.15) is 0 Å². The van der Waals surface area contributed by atoms with Crippen molar-refractivity contribution >= 4 is 12.9 Å². The lowest BCUT2D eigenvalue weighted by molar-refractivity contribution is 0.387. The van der Waals surface area contributed by atoms with Crippen molar-refractivity contribution in [3.05, 3.63) is 23.3 Å². The molecule has 3 N–H and O–H groups in total. The third-order valence-corrected chi connectivity index (χ3v) is 3.98. The molecule has 0 spiro atoms. The van der Waals surface area contributed by atoms with Gasteiger partial charge in [-0.3, -0.25) is 4.57 Å². The molecular weight excluding hydrogens is 263 g/mol. The Kier molecular flexibility index (Phi) is 3.95. The van der Waals surface area contributed by atoms with E-state index in [1.807, 2.05) is 41.5 Å². The van der Waals surface area contributed by atoms with Crippen LogP contribution >= 0.6 is 7.60 Å². The topological polar surface area (TPSA) is 77.8 Å². The lowest BCUT2D eigenvalue weighted by Gasteiger charge is -2.28. The molecule has 5 heteroatoms. The van der Waals surface area contributed by atoms with E-state index >= 15 is 0 Å². The molecule has 0 fully saturated rings. The van der Waals surface area contributed by atoms with Crippen LogP contribution in [0, 0.1) is 0 Å². The maximum atomic E-state index is 11.5. The second-order valence-corrected chi connectivity index (χ2v) is 8.54. The van der Waals surface area contributed by atoms with Gasteiger partial charge in [0.2, 0.25) is 0 Å². The zero-order valence-corrected chi connectivity index (χ0v) is 13.2. The van der Waals surface area contributed by atoms with E-state index in [2.05, 4.69) is 0 Å². The van der Waals surface area contributed by atoms with Crippen LogP contribution in [0.4, 0.5) is 0 Å². The van der Waals surface area contributed by atoms with Crippen LogP contribution < -0.4 is 5.30 Å². The van der Waals surface area contributed by atoms with Crippen molar-refractivity contribution in [3.8, 4) is 5.75 Å². The van der Waals surface area contributed by atoms with Gasteiger partial charge in [-0.25, -0.2) is 0 Å². The number of phenolic OH excluding ortho intramolecular Hbond substituents is 1. The average Bonchev–Trinajstić information content (AvgIpc) is 2.11. The minimum atomic E-state index is -4.34. The van der Waals surface area contributed by atoms with Crippen LogP contribution in [0.1, 0.15) is 52.7 Å². The Balaban J connectivity index is 3.73. The third kappa shape index (κ3) is 3.59. The van der Waals surface area contributed by atoms with Crippen molar-refractivity contribution in [1.29, 1.82) is 0 Å². The first-order valence-corrected chi connectivity index (χ1v) is 7.80. The summed E-state index contributed by atoms with van der Waals surface area (Å²) in [5, 5.41) is 10.4. The van der Waals surface area contributed by atoms with E-state index in [-0.39, 0.29) is 11.1 Å². The van der Waals surface area contributed by atoms with Gasteiger partial charge in [0.05, 0.1) is 5.30 Å². The van der Waals surface area contributed by atoms with Gasteiger partial charge in [-0.05, 0) is 23.0 Å². The molecule has 1 aromatic carbocycles. The van der Waals surface area contributed by atoms with E-state index in [0.717, 1.165) is 0 Å². The molecule has 0 radical (unpaired) electrons. The molecule has 108 valence electrons. The highest BCUT2D eigenvalue weighted by Gasteiger charge is 2.30. The Morgan fingerprint density at radius 2 is 1.21 bits per heavy atom. The van der Waals surface area contributed by atoms with Crippen molar-refractivity contribution in [2.24, 2.45) is 0 Å². The molecule has 0 atom stereocenters. The summed E-state index contributed by atoms with van der Waals surface area (Å²) in [6.45, 7) is 11.4. The third-order valence-electron chi connectivity index (χ3n) is 3.05. The smallest absolute Gasteiger partial charge is 0.356 e. The van der Waals surface area contributed by atoms with Crippen LogP contribution in [-0.4, -0.2) is 14.9 Å². The Morgan fingerprint density at radius 1 is 0.895 bits per heavy atom. The molecular formula is C14H23O4P. The quantitative estimate of drug-likeness (QED) is 0.694. The van der Waals surface area contributed by atoms with E-state index in [1.54, 1.807) is 0 Å². The highest BCUT2D eigenvalue weighted by atomic mass is 31.2. The molecule has 4 nitrogen and oxygen atoms in total. The van der Waals surface area contributed by atoms with E-state index < -0.39 is 18.4 Å². The fourth-order valence-electron chi connectivity index (χ4n) is 1.93. The number of rotatable bonds is 1. The van der Waals surface area contributed by atoms with Crippen molar-refractivity contribution in [3.63, 3.8) is 0 Å². The Labute approximate surface area is 114 Å². The molecule has 19 heavy (non-hydrogen) atoms. The summed E-state index contributed by atoms with van der Waals surface area (Å²) in [5.74, 6) is 0.122. The minimum Gasteiger partial charge on any atom is -0.507 e. The lowest BCUT2D eigenvalue weighted by atomic mass is 9.79. The van der Waals surface area contributed by atoms with Gasteiger partial charge < -0.3 is 14.9 Å². The molecule has 0 saturated heterocycles. The van der Waals surface area contributed by atoms with Gasteiger partial charge >= 0.3 is 7.60 Å². The van der Waals surface area contributed by atoms with Gasteiger partial charge in [-0.1, -0.05) is 41.5 Å². The molecule has 0 aliphatic heterocycles. The molecule has 0 bridgehead atoms. The van der Waals surface area contributed by atoms with Crippen molar-refractivity contribution in [2.45, 2.75) is 52.4 Å². The molecule has 0 aliphatic rings. The molecule has 1 aromatic rings. The normalized spacial score (nSPS) is 13.7. The number of hydrogen-bond donors (Lipinski definition) is 3. The van der Waals surface area contributed by atoms with E-state index in [1.165, 1.54) is 12.1 Å². The Morgan fingerprint density at radius 3 is 1.42 bits per heavy atom. The summed E-state index contributed by atoms with van der Waals surface area (Å²) in [6.07, 6.45) is 0. The maximum absolute atomic E-state index is 11.5. The summed E-state index contributed by atoms with van der Waals surface area (Å²) in [6, 6.07) is 2.82. The van der Waals surface area contributed by atoms with Crippen LogP contribution in [0.3, 0.4) is 0 Å². The summed E-state index contributed by atoms with van der Waals surface area (Å²) < 4.78 is 11.5. The first-order chi connectivity index (χ1) is 8.24. The largest absolute Gasteiger partial charge is 0.507 e. The van der Waals surface area contributed by atoms with Gasteiger partial charge in [0.15, 0.2) is 0 Å². The highest BCUT2D eigenvalue weighted by Crippen LogP contribution is 2.42. The zero-order valence-electron chi connectivity index (χ0n) is 12.4. The van der Waals surface area contributed by atoms with Gasteiger partial charge in [0.1, 0.15) is 5.75 Å². The molecule has 0 aliphatic carbocycles. The van der Waals surface area contributed by atoms with Crippen molar-refractivity contribution in [1.82, 2.24) is 0 Å². The molecule has 0 amide bonds. The predicted molar refractivity (Wildman–Crippen MR) is 77.2 cm³/mol. The van der Waals surface area contributed by atoms with Gasteiger partial charge in [0.25, 0.3) is 0 Å². The van der Waals surface area contributed by atoms with Crippen molar-refractivity contribution in [2.75, 3.05) is 0 Å². The fraction of sp³-hybridized carbons (Fsp3) is 0.571. The Bertz CT molecular complexity index is 494.